The number of guanidine groups is 1. The Hall–Kier alpha value is -1.59. The summed E-state index contributed by atoms with van der Waals surface area (Å²) in [6, 6.07) is 8.60. The van der Waals surface area contributed by atoms with E-state index in [-0.39, 0.29) is 0 Å². The van der Waals surface area contributed by atoms with Crippen molar-refractivity contribution in [2.45, 2.75) is 19.9 Å². The van der Waals surface area contributed by atoms with Crippen molar-refractivity contribution in [1.29, 1.82) is 0 Å². The van der Waals surface area contributed by atoms with Crippen molar-refractivity contribution in [3.63, 3.8) is 0 Å². The molecule has 5 nitrogen and oxygen atoms in total. The molecule has 2 rings (SSSR count). The zero-order valence-electron chi connectivity index (χ0n) is 14.8. The molecule has 1 aromatic rings. The van der Waals surface area contributed by atoms with Crippen molar-refractivity contribution >= 4 is 5.96 Å². The molecule has 1 heterocycles. The van der Waals surface area contributed by atoms with Gasteiger partial charge in [-0.3, -0.25) is 4.99 Å². The first-order valence-corrected chi connectivity index (χ1v) is 8.58. The third-order valence-electron chi connectivity index (χ3n) is 4.34. The van der Waals surface area contributed by atoms with Crippen LogP contribution < -0.4 is 10.6 Å². The van der Waals surface area contributed by atoms with E-state index in [0.29, 0.717) is 0 Å². The fourth-order valence-electron chi connectivity index (χ4n) is 2.77. The number of nitrogens with one attached hydrogen (secondary N) is 2. The van der Waals surface area contributed by atoms with E-state index in [4.69, 9.17) is 0 Å². The predicted molar refractivity (Wildman–Crippen MR) is 97.9 cm³/mol. The van der Waals surface area contributed by atoms with E-state index < -0.39 is 0 Å². The van der Waals surface area contributed by atoms with Crippen LogP contribution in [0.1, 0.15) is 17.5 Å². The lowest BCUT2D eigenvalue weighted by Gasteiger charge is -2.21. The monoisotopic (exact) mass is 317 g/mol. The molecule has 0 saturated carbocycles. The van der Waals surface area contributed by atoms with E-state index in [1.165, 1.54) is 37.2 Å². The van der Waals surface area contributed by atoms with Crippen LogP contribution in [0.4, 0.5) is 0 Å². The van der Waals surface area contributed by atoms with E-state index >= 15 is 0 Å². The zero-order valence-corrected chi connectivity index (χ0v) is 14.8. The molecule has 0 radical (unpaired) electrons. The van der Waals surface area contributed by atoms with Crippen LogP contribution in [0, 0.1) is 6.92 Å². The molecule has 0 atom stereocenters. The highest BCUT2D eigenvalue weighted by Crippen LogP contribution is 2.02. The molecule has 0 unspecified atom stereocenters. The van der Waals surface area contributed by atoms with Gasteiger partial charge in [0.05, 0.1) is 0 Å². The quantitative estimate of drug-likeness (QED) is 0.634. The maximum absolute atomic E-state index is 4.30. The molecule has 2 N–H and O–H groups in total. The van der Waals surface area contributed by atoms with Gasteiger partial charge in [-0.05, 0) is 39.0 Å². The van der Waals surface area contributed by atoms with Gasteiger partial charge in [-0.15, -0.1) is 0 Å². The molecule has 5 heteroatoms. The normalized spacial score (nSPS) is 17.8. The molecular formula is C18H31N5. The summed E-state index contributed by atoms with van der Waals surface area (Å²) in [5.41, 5.74) is 2.56. The molecule has 0 aromatic heterocycles. The predicted octanol–water partition coefficient (Wildman–Crippen LogP) is 1.30. The van der Waals surface area contributed by atoms with Crippen molar-refractivity contribution < 1.29 is 0 Å². The van der Waals surface area contributed by atoms with Gasteiger partial charge in [0.15, 0.2) is 5.96 Å². The Kier molecular flexibility index (Phi) is 7.36. The Bertz CT molecular complexity index is 483. The molecule has 1 aromatic carbocycles. The summed E-state index contributed by atoms with van der Waals surface area (Å²) in [7, 11) is 4.03. The summed E-state index contributed by atoms with van der Waals surface area (Å²) in [4.78, 5) is 9.25. The number of aliphatic imine (C=N–C) groups is 1. The largest absolute Gasteiger partial charge is 0.355 e. The Morgan fingerprint density at radius 1 is 1.09 bits per heavy atom. The number of rotatable bonds is 5. The Balaban J connectivity index is 1.67. The molecule has 1 saturated heterocycles. The smallest absolute Gasteiger partial charge is 0.191 e. The van der Waals surface area contributed by atoms with Crippen molar-refractivity contribution in [3.8, 4) is 0 Å². The van der Waals surface area contributed by atoms with E-state index in [1.807, 2.05) is 7.05 Å². The molecule has 1 aliphatic rings. The maximum atomic E-state index is 4.30. The standard InChI is InChI=1S/C18H31N5/c1-16-5-7-17(8-6-16)15-21-18(19-2)20-9-12-23-11-4-10-22(3)13-14-23/h5-8H,4,9-15H2,1-3H3,(H2,19,20,21). The first-order valence-electron chi connectivity index (χ1n) is 8.58. The number of likely N-dealkylation sites (N-methyl/N-ethyl adjacent to an activating group) is 1. The summed E-state index contributed by atoms with van der Waals surface area (Å²) in [5, 5.41) is 6.79. The molecule has 0 spiro atoms. The summed E-state index contributed by atoms with van der Waals surface area (Å²) in [6.45, 7) is 9.64. The first kappa shape index (κ1) is 17.8. The van der Waals surface area contributed by atoms with Crippen LogP contribution in [0.5, 0.6) is 0 Å². The molecule has 128 valence electrons. The Morgan fingerprint density at radius 3 is 2.61 bits per heavy atom. The maximum Gasteiger partial charge on any atom is 0.191 e. The van der Waals surface area contributed by atoms with E-state index in [2.05, 4.69) is 63.7 Å². The van der Waals surface area contributed by atoms with Gasteiger partial charge >= 0.3 is 0 Å². The highest BCUT2D eigenvalue weighted by atomic mass is 15.2. The molecule has 0 bridgehead atoms. The van der Waals surface area contributed by atoms with Crippen molar-refractivity contribution in [2.75, 3.05) is 53.4 Å². The highest BCUT2D eigenvalue weighted by Gasteiger charge is 2.11. The summed E-state index contributed by atoms with van der Waals surface area (Å²) in [5.74, 6) is 0.873. The Labute approximate surface area is 140 Å². The molecule has 0 amide bonds. The minimum atomic E-state index is 0.800. The van der Waals surface area contributed by atoms with Gasteiger partial charge in [0, 0.05) is 39.8 Å². The van der Waals surface area contributed by atoms with Gasteiger partial charge in [-0.1, -0.05) is 29.8 Å². The zero-order chi connectivity index (χ0) is 16.5. The second-order valence-corrected chi connectivity index (χ2v) is 6.34. The number of hydrogen-bond donors (Lipinski definition) is 2. The highest BCUT2D eigenvalue weighted by molar-refractivity contribution is 5.79. The Morgan fingerprint density at radius 2 is 1.87 bits per heavy atom. The van der Waals surface area contributed by atoms with Crippen LogP contribution in [0.3, 0.4) is 0 Å². The third-order valence-corrected chi connectivity index (χ3v) is 4.34. The van der Waals surface area contributed by atoms with Gasteiger partial charge in [0.25, 0.3) is 0 Å². The fourth-order valence-corrected chi connectivity index (χ4v) is 2.77. The van der Waals surface area contributed by atoms with E-state index in [9.17, 15) is 0 Å². The van der Waals surface area contributed by atoms with Crippen LogP contribution in [0.2, 0.25) is 0 Å². The second-order valence-electron chi connectivity index (χ2n) is 6.34. The SMILES string of the molecule is CN=C(NCCN1CCCN(C)CC1)NCc1ccc(C)cc1. The minimum Gasteiger partial charge on any atom is -0.355 e. The number of hydrogen-bond acceptors (Lipinski definition) is 3. The molecular weight excluding hydrogens is 286 g/mol. The average Bonchev–Trinajstić information content (AvgIpc) is 2.77. The third kappa shape index (κ3) is 6.59. The average molecular weight is 317 g/mol. The van der Waals surface area contributed by atoms with Crippen LogP contribution in [-0.4, -0.2) is 69.1 Å². The number of benzene rings is 1. The van der Waals surface area contributed by atoms with Gasteiger partial charge in [0.2, 0.25) is 0 Å². The van der Waals surface area contributed by atoms with Crippen LogP contribution in [-0.2, 0) is 6.54 Å². The lowest BCUT2D eigenvalue weighted by atomic mass is 10.1. The van der Waals surface area contributed by atoms with Crippen molar-refractivity contribution in [3.05, 3.63) is 35.4 Å². The summed E-state index contributed by atoms with van der Waals surface area (Å²) in [6.07, 6.45) is 1.26. The summed E-state index contributed by atoms with van der Waals surface area (Å²) < 4.78 is 0. The van der Waals surface area contributed by atoms with E-state index in [1.54, 1.807) is 0 Å². The van der Waals surface area contributed by atoms with Crippen molar-refractivity contribution in [2.24, 2.45) is 4.99 Å². The number of nitrogens with zero attached hydrogens (tertiary/aromatic N) is 3. The number of aryl methyl sites for hydroxylation is 1. The first-order chi connectivity index (χ1) is 11.2. The topological polar surface area (TPSA) is 42.9 Å². The van der Waals surface area contributed by atoms with Crippen LogP contribution >= 0.6 is 0 Å². The molecule has 23 heavy (non-hydrogen) atoms. The van der Waals surface area contributed by atoms with Gasteiger partial charge in [-0.2, -0.15) is 0 Å². The fraction of sp³-hybridized carbons (Fsp3) is 0.611. The van der Waals surface area contributed by atoms with Crippen LogP contribution in [0.25, 0.3) is 0 Å². The summed E-state index contributed by atoms with van der Waals surface area (Å²) >= 11 is 0. The van der Waals surface area contributed by atoms with Gasteiger partial charge in [0.1, 0.15) is 0 Å². The van der Waals surface area contributed by atoms with Crippen LogP contribution in [0.15, 0.2) is 29.3 Å². The molecule has 1 aliphatic heterocycles. The lowest BCUT2D eigenvalue weighted by molar-refractivity contribution is 0.280. The molecule has 0 aliphatic carbocycles. The molecule has 1 fully saturated rings. The van der Waals surface area contributed by atoms with E-state index in [0.717, 1.165) is 32.1 Å². The van der Waals surface area contributed by atoms with Crippen molar-refractivity contribution in [1.82, 2.24) is 20.4 Å². The van der Waals surface area contributed by atoms with Gasteiger partial charge in [-0.25, -0.2) is 0 Å². The lowest BCUT2D eigenvalue weighted by Crippen LogP contribution is -2.42. The minimum absolute atomic E-state index is 0.800. The second kappa shape index (κ2) is 9.53. The van der Waals surface area contributed by atoms with Gasteiger partial charge < -0.3 is 20.4 Å².